The molecule has 5 nitrogen and oxygen atoms in total. The number of carbonyl (C=O) groups excluding carboxylic acids is 2. The minimum atomic E-state index is -0.967. The van der Waals surface area contributed by atoms with E-state index >= 15 is 0 Å². The van der Waals surface area contributed by atoms with Crippen molar-refractivity contribution in [3.8, 4) is 0 Å². The predicted molar refractivity (Wildman–Crippen MR) is 57.6 cm³/mol. The normalized spacial score (nSPS) is 11.0. The molecule has 0 saturated carbocycles. The van der Waals surface area contributed by atoms with Gasteiger partial charge in [0.1, 0.15) is 19.3 Å². The zero-order valence-corrected chi connectivity index (χ0v) is 10.2. The van der Waals surface area contributed by atoms with E-state index in [-0.39, 0.29) is 37.0 Å². The van der Waals surface area contributed by atoms with Gasteiger partial charge in [0, 0.05) is 0 Å². The van der Waals surface area contributed by atoms with Crippen molar-refractivity contribution in [3.05, 3.63) is 0 Å². The molecule has 0 radical (unpaired) electrons. The average molecular weight is 232 g/mol. The molecule has 5 heteroatoms. The van der Waals surface area contributed by atoms with Crippen LogP contribution < -0.4 is 0 Å². The molecule has 0 bridgehead atoms. The predicted octanol–water partition coefficient (Wildman–Crippen LogP) is 0.746. The van der Waals surface area contributed by atoms with Crippen LogP contribution in [0, 0.1) is 11.8 Å². The van der Waals surface area contributed by atoms with Crippen LogP contribution in [0.3, 0.4) is 0 Å². The van der Waals surface area contributed by atoms with Crippen LogP contribution in [0.4, 0.5) is 0 Å². The standard InChI is InChI=1S/C11H20O5/c1-7(2)10(13)15-5-9(12)6-16-11(14)8(3)4/h7-9,12H,5-6H2,1-4H3. The van der Waals surface area contributed by atoms with Crippen molar-refractivity contribution in [1.82, 2.24) is 0 Å². The van der Waals surface area contributed by atoms with Gasteiger partial charge in [0.05, 0.1) is 11.8 Å². The molecule has 0 unspecified atom stereocenters. The Labute approximate surface area is 95.7 Å². The highest BCUT2D eigenvalue weighted by molar-refractivity contribution is 5.72. The lowest BCUT2D eigenvalue weighted by Crippen LogP contribution is -2.27. The van der Waals surface area contributed by atoms with Crippen molar-refractivity contribution < 1.29 is 24.2 Å². The number of rotatable bonds is 6. The second-order valence-electron chi connectivity index (χ2n) is 4.22. The zero-order valence-electron chi connectivity index (χ0n) is 10.2. The maximum atomic E-state index is 11.1. The van der Waals surface area contributed by atoms with Crippen molar-refractivity contribution in [2.24, 2.45) is 11.8 Å². The molecule has 0 spiro atoms. The number of aliphatic hydroxyl groups excluding tert-OH is 1. The molecule has 0 aliphatic rings. The first-order chi connectivity index (χ1) is 7.34. The van der Waals surface area contributed by atoms with E-state index in [0.29, 0.717) is 0 Å². The molecule has 94 valence electrons. The average Bonchev–Trinajstić information content (AvgIpc) is 2.21. The zero-order chi connectivity index (χ0) is 12.7. The molecular weight excluding hydrogens is 212 g/mol. The summed E-state index contributed by atoms with van der Waals surface area (Å²) >= 11 is 0. The van der Waals surface area contributed by atoms with Gasteiger partial charge >= 0.3 is 11.9 Å². The van der Waals surface area contributed by atoms with Crippen molar-refractivity contribution in [3.63, 3.8) is 0 Å². The van der Waals surface area contributed by atoms with Gasteiger partial charge < -0.3 is 14.6 Å². The highest BCUT2D eigenvalue weighted by Gasteiger charge is 2.15. The molecule has 0 rings (SSSR count). The molecule has 1 N–H and O–H groups in total. The Bertz CT molecular complexity index is 211. The van der Waals surface area contributed by atoms with Crippen molar-refractivity contribution >= 4 is 11.9 Å². The van der Waals surface area contributed by atoms with Gasteiger partial charge in [0.15, 0.2) is 0 Å². The molecule has 0 aromatic rings. The van der Waals surface area contributed by atoms with E-state index in [1.807, 2.05) is 0 Å². The Kier molecular flexibility index (Phi) is 6.72. The van der Waals surface area contributed by atoms with E-state index in [1.165, 1.54) is 0 Å². The third-order valence-corrected chi connectivity index (χ3v) is 1.78. The number of hydrogen-bond acceptors (Lipinski definition) is 5. The van der Waals surface area contributed by atoms with E-state index in [1.54, 1.807) is 27.7 Å². The number of esters is 2. The summed E-state index contributed by atoms with van der Waals surface area (Å²) in [6.07, 6.45) is -0.967. The Balaban J connectivity index is 3.71. The first-order valence-corrected chi connectivity index (χ1v) is 5.36. The topological polar surface area (TPSA) is 72.8 Å². The van der Waals surface area contributed by atoms with Crippen molar-refractivity contribution in [2.75, 3.05) is 13.2 Å². The maximum absolute atomic E-state index is 11.1. The molecule has 0 saturated heterocycles. The largest absolute Gasteiger partial charge is 0.463 e. The van der Waals surface area contributed by atoms with Gasteiger partial charge in [-0.25, -0.2) is 0 Å². The van der Waals surface area contributed by atoms with Crippen LogP contribution in [0.15, 0.2) is 0 Å². The van der Waals surface area contributed by atoms with Crippen LogP contribution in [-0.4, -0.2) is 36.4 Å². The maximum Gasteiger partial charge on any atom is 0.308 e. The second kappa shape index (κ2) is 7.22. The minimum Gasteiger partial charge on any atom is -0.463 e. The van der Waals surface area contributed by atoms with Crippen molar-refractivity contribution in [2.45, 2.75) is 33.8 Å². The first kappa shape index (κ1) is 14.9. The first-order valence-electron chi connectivity index (χ1n) is 5.36. The third kappa shape index (κ3) is 6.40. The van der Waals surface area contributed by atoms with E-state index in [9.17, 15) is 14.7 Å². The highest BCUT2D eigenvalue weighted by Crippen LogP contribution is 2.00. The summed E-state index contributed by atoms with van der Waals surface area (Å²) in [7, 11) is 0. The summed E-state index contributed by atoms with van der Waals surface area (Å²) in [5.74, 6) is -1.22. The van der Waals surface area contributed by atoms with Crippen LogP contribution in [-0.2, 0) is 19.1 Å². The monoisotopic (exact) mass is 232 g/mol. The fraction of sp³-hybridized carbons (Fsp3) is 0.818. The van der Waals surface area contributed by atoms with Crippen LogP contribution in [0.25, 0.3) is 0 Å². The summed E-state index contributed by atoms with van der Waals surface area (Å²) in [5, 5.41) is 9.36. The molecule has 0 heterocycles. The molecular formula is C11H20O5. The molecule has 0 aliphatic carbocycles. The third-order valence-electron chi connectivity index (χ3n) is 1.78. The van der Waals surface area contributed by atoms with Gasteiger partial charge in [0.2, 0.25) is 0 Å². The van der Waals surface area contributed by atoms with Crippen LogP contribution in [0.2, 0.25) is 0 Å². The van der Waals surface area contributed by atoms with E-state index in [4.69, 9.17) is 9.47 Å². The molecule has 0 fully saturated rings. The Morgan fingerprint density at radius 2 is 1.25 bits per heavy atom. The van der Waals surface area contributed by atoms with E-state index in [0.717, 1.165) is 0 Å². The molecule has 0 atom stereocenters. The van der Waals surface area contributed by atoms with Crippen molar-refractivity contribution in [1.29, 1.82) is 0 Å². The molecule has 16 heavy (non-hydrogen) atoms. The summed E-state index contributed by atoms with van der Waals surface area (Å²) in [5.41, 5.74) is 0. The lowest BCUT2D eigenvalue weighted by molar-refractivity contribution is -0.156. The second-order valence-corrected chi connectivity index (χ2v) is 4.22. The number of aliphatic hydroxyl groups is 1. The molecule has 0 aromatic carbocycles. The van der Waals surface area contributed by atoms with Gasteiger partial charge in [-0.1, -0.05) is 27.7 Å². The van der Waals surface area contributed by atoms with Crippen LogP contribution in [0.5, 0.6) is 0 Å². The fourth-order valence-corrected chi connectivity index (χ4v) is 0.738. The van der Waals surface area contributed by atoms with Gasteiger partial charge in [-0.3, -0.25) is 9.59 Å². The van der Waals surface area contributed by atoms with E-state index in [2.05, 4.69) is 0 Å². The Morgan fingerprint density at radius 1 is 0.938 bits per heavy atom. The lowest BCUT2D eigenvalue weighted by Gasteiger charge is -2.13. The smallest absolute Gasteiger partial charge is 0.308 e. The summed E-state index contributed by atoms with van der Waals surface area (Å²) in [4.78, 5) is 22.1. The summed E-state index contributed by atoms with van der Waals surface area (Å²) < 4.78 is 9.56. The number of ether oxygens (including phenoxy) is 2. The lowest BCUT2D eigenvalue weighted by atomic mass is 10.2. The van der Waals surface area contributed by atoms with Gasteiger partial charge in [-0.05, 0) is 0 Å². The van der Waals surface area contributed by atoms with Gasteiger partial charge in [0.25, 0.3) is 0 Å². The fourth-order valence-electron chi connectivity index (χ4n) is 0.738. The highest BCUT2D eigenvalue weighted by atomic mass is 16.6. The quantitative estimate of drug-likeness (QED) is 0.684. The van der Waals surface area contributed by atoms with Crippen LogP contribution in [0.1, 0.15) is 27.7 Å². The van der Waals surface area contributed by atoms with Gasteiger partial charge in [-0.2, -0.15) is 0 Å². The molecule has 0 amide bonds. The Morgan fingerprint density at radius 3 is 1.50 bits per heavy atom. The number of hydrogen-bond donors (Lipinski definition) is 1. The molecule has 0 aromatic heterocycles. The summed E-state index contributed by atoms with van der Waals surface area (Å²) in [6.45, 7) is 6.51. The van der Waals surface area contributed by atoms with Gasteiger partial charge in [-0.15, -0.1) is 0 Å². The number of carbonyl (C=O) groups is 2. The van der Waals surface area contributed by atoms with E-state index < -0.39 is 6.10 Å². The SMILES string of the molecule is CC(C)C(=O)OCC(O)COC(=O)C(C)C. The summed E-state index contributed by atoms with van der Waals surface area (Å²) in [6, 6.07) is 0. The Hall–Kier alpha value is -1.10. The molecule has 0 aliphatic heterocycles. The minimum absolute atomic E-state index is 0.150. The van der Waals surface area contributed by atoms with Crippen LogP contribution >= 0.6 is 0 Å².